The van der Waals surface area contributed by atoms with Gasteiger partial charge in [-0.25, -0.2) is 8.42 Å². The molecule has 1 aliphatic heterocycles. The van der Waals surface area contributed by atoms with E-state index in [4.69, 9.17) is 9.47 Å². The fourth-order valence-corrected chi connectivity index (χ4v) is 4.85. The highest BCUT2D eigenvalue weighted by Crippen LogP contribution is 2.39. The molecular weight excluding hydrogens is 316 g/mol. The van der Waals surface area contributed by atoms with Crippen LogP contribution in [0, 0.1) is 0 Å². The summed E-state index contributed by atoms with van der Waals surface area (Å²) in [6.45, 7) is 0.492. The smallest absolute Gasteiger partial charge is 0.247 e. The van der Waals surface area contributed by atoms with Crippen molar-refractivity contribution in [2.24, 2.45) is 0 Å². The number of H-pyrrole nitrogens is 1. The van der Waals surface area contributed by atoms with Crippen LogP contribution in [-0.4, -0.2) is 38.5 Å². The standard InChI is InChI=1S/C16H20N2O4S/c1-21-12-7-8-15(22-2)16(11-12)23(19,20)18-10-4-6-14(18)13-5-3-9-17-13/h3,5,7-9,11,14,17H,4,6,10H2,1-2H3/t14-/m1/s1. The molecule has 7 heteroatoms. The molecule has 2 aromatic rings. The van der Waals surface area contributed by atoms with E-state index < -0.39 is 10.0 Å². The van der Waals surface area contributed by atoms with Crippen LogP contribution in [0.1, 0.15) is 24.6 Å². The molecule has 1 aromatic carbocycles. The summed E-state index contributed by atoms with van der Waals surface area (Å²) in [5.74, 6) is 0.808. The van der Waals surface area contributed by atoms with Gasteiger partial charge in [0.25, 0.3) is 0 Å². The molecule has 6 nitrogen and oxygen atoms in total. The van der Waals surface area contributed by atoms with Gasteiger partial charge >= 0.3 is 0 Å². The van der Waals surface area contributed by atoms with E-state index in [9.17, 15) is 8.42 Å². The maximum atomic E-state index is 13.2. The number of aromatic nitrogens is 1. The third kappa shape index (κ3) is 2.82. The molecule has 0 saturated carbocycles. The zero-order valence-corrected chi connectivity index (χ0v) is 14.0. The van der Waals surface area contributed by atoms with Crippen LogP contribution in [0.5, 0.6) is 11.5 Å². The van der Waals surface area contributed by atoms with E-state index in [-0.39, 0.29) is 10.9 Å². The van der Waals surface area contributed by atoms with Gasteiger partial charge in [-0.05, 0) is 37.1 Å². The van der Waals surface area contributed by atoms with Gasteiger partial charge in [-0.15, -0.1) is 0 Å². The van der Waals surface area contributed by atoms with Gasteiger partial charge in [0.05, 0.1) is 20.3 Å². The largest absolute Gasteiger partial charge is 0.497 e. The average Bonchev–Trinajstić information content (AvgIpc) is 3.24. The Morgan fingerprint density at radius 3 is 2.70 bits per heavy atom. The Labute approximate surface area is 136 Å². The van der Waals surface area contributed by atoms with Crippen LogP contribution in [-0.2, 0) is 10.0 Å². The monoisotopic (exact) mass is 336 g/mol. The molecule has 124 valence electrons. The lowest BCUT2D eigenvalue weighted by atomic mass is 10.2. The van der Waals surface area contributed by atoms with Crippen molar-refractivity contribution in [2.75, 3.05) is 20.8 Å². The fourth-order valence-electron chi connectivity index (χ4n) is 3.00. The summed E-state index contributed by atoms with van der Waals surface area (Å²) in [4.78, 5) is 3.26. The zero-order chi connectivity index (χ0) is 16.4. The van der Waals surface area contributed by atoms with Crippen LogP contribution in [0.25, 0.3) is 0 Å². The van der Waals surface area contributed by atoms with Crippen molar-refractivity contribution >= 4 is 10.0 Å². The van der Waals surface area contributed by atoms with Crippen LogP contribution < -0.4 is 9.47 Å². The summed E-state index contributed by atoms with van der Waals surface area (Å²) in [6.07, 6.45) is 3.44. The minimum Gasteiger partial charge on any atom is -0.497 e. The third-order valence-corrected chi connectivity index (χ3v) is 6.07. The van der Waals surface area contributed by atoms with E-state index in [2.05, 4.69) is 4.98 Å². The molecule has 1 fully saturated rings. The van der Waals surface area contributed by atoms with Gasteiger partial charge < -0.3 is 14.5 Å². The van der Waals surface area contributed by atoms with E-state index in [0.29, 0.717) is 18.0 Å². The van der Waals surface area contributed by atoms with Crippen LogP contribution in [0.3, 0.4) is 0 Å². The molecule has 0 bridgehead atoms. The van der Waals surface area contributed by atoms with Crippen molar-refractivity contribution < 1.29 is 17.9 Å². The van der Waals surface area contributed by atoms with Gasteiger partial charge in [0.1, 0.15) is 16.4 Å². The minimum atomic E-state index is -3.68. The molecular formula is C16H20N2O4S. The van der Waals surface area contributed by atoms with Gasteiger partial charge in [0, 0.05) is 24.5 Å². The molecule has 1 saturated heterocycles. The van der Waals surface area contributed by atoms with Crippen molar-refractivity contribution in [1.82, 2.24) is 9.29 Å². The lowest BCUT2D eigenvalue weighted by Gasteiger charge is -2.24. The molecule has 1 atom stereocenters. The summed E-state index contributed by atoms with van der Waals surface area (Å²) in [5.41, 5.74) is 0.910. The Hall–Kier alpha value is -1.99. The normalized spacial score (nSPS) is 19.0. The first kappa shape index (κ1) is 15.9. The number of sulfonamides is 1. The number of benzene rings is 1. The van der Waals surface area contributed by atoms with E-state index in [1.54, 1.807) is 12.1 Å². The fraction of sp³-hybridized carbons (Fsp3) is 0.375. The summed E-state index contributed by atoms with van der Waals surface area (Å²) in [7, 11) is -0.706. The quantitative estimate of drug-likeness (QED) is 0.911. The minimum absolute atomic E-state index is 0.137. The topological polar surface area (TPSA) is 71.6 Å². The number of hydrogen-bond donors (Lipinski definition) is 1. The molecule has 0 amide bonds. The Morgan fingerprint density at radius 2 is 2.04 bits per heavy atom. The second-order valence-corrected chi connectivity index (χ2v) is 7.28. The van der Waals surface area contributed by atoms with Crippen molar-refractivity contribution in [2.45, 2.75) is 23.8 Å². The van der Waals surface area contributed by atoms with Gasteiger partial charge in [-0.2, -0.15) is 4.31 Å². The molecule has 0 radical (unpaired) electrons. The average molecular weight is 336 g/mol. The first-order valence-corrected chi connectivity index (χ1v) is 8.89. The van der Waals surface area contributed by atoms with Crippen molar-refractivity contribution in [3.63, 3.8) is 0 Å². The number of ether oxygens (including phenoxy) is 2. The molecule has 0 spiro atoms. The Morgan fingerprint density at radius 1 is 1.22 bits per heavy atom. The summed E-state index contributed by atoms with van der Waals surface area (Å²) in [6, 6.07) is 8.44. The van der Waals surface area contributed by atoms with Gasteiger partial charge in [0.15, 0.2) is 0 Å². The lowest BCUT2D eigenvalue weighted by molar-refractivity contribution is 0.373. The highest BCUT2D eigenvalue weighted by molar-refractivity contribution is 7.89. The highest BCUT2D eigenvalue weighted by atomic mass is 32.2. The maximum Gasteiger partial charge on any atom is 0.247 e. The molecule has 1 N–H and O–H groups in total. The summed E-state index contributed by atoms with van der Waals surface area (Å²) in [5, 5.41) is 0. The van der Waals surface area contributed by atoms with E-state index >= 15 is 0 Å². The SMILES string of the molecule is COc1ccc(OC)c(S(=O)(=O)N2CCC[C@@H]2c2ccc[nH]2)c1. The van der Waals surface area contributed by atoms with E-state index in [0.717, 1.165) is 18.5 Å². The number of rotatable bonds is 5. The molecule has 1 aliphatic rings. The second-order valence-electron chi connectivity index (χ2n) is 5.42. The van der Waals surface area contributed by atoms with Crippen LogP contribution in [0.15, 0.2) is 41.4 Å². The molecule has 0 aliphatic carbocycles. The Balaban J connectivity index is 2.04. The van der Waals surface area contributed by atoms with Gasteiger partial charge in [-0.3, -0.25) is 0 Å². The van der Waals surface area contributed by atoms with Crippen LogP contribution in [0.2, 0.25) is 0 Å². The number of nitrogens with one attached hydrogen (secondary N) is 1. The van der Waals surface area contributed by atoms with E-state index in [1.165, 1.54) is 24.6 Å². The summed E-state index contributed by atoms with van der Waals surface area (Å²) < 4.78 is 38.3. The lowest BCUT2D eigenvalue weighted by Crippen LogP contribution is -2.31. The molecule has 0 unspecified atom stereocenters. The predicted molar refractivity (Wildman–Crippen MR) is 86.2 cm³/mol. The maximum absolute atomic E-state index is 13.2. The van der Waals surface area contributed by atoms with Crippen molar-refractivity contribution in [3.8, 4) is 11.5 Å². The first-order chi connectivity index (χ1) is 11.1. The number of methoxy groups -OCH3 is 2. The Bertz CT molecular complexity index is 771. The molecule has 23 heavy (non-hydrogen) atoms. The number of hydrogen-bond acceptors (Lipinski definition) is 4. The second kappa shape index (κ2) is 6.25. The predicted octanol–water partition coefficient (Wildman–Crippen LogP) is 2.56. The van der Waals surface area contributed by atoms with Crippen molar-refractivity contribution in [1.29, 1.82) is 0 Å². The van der Waals surface area contributed by atoms with E-state index in [1.807, 2.05) is 18.3 Å². The molecule has 2 heterocycles. The number of nitrogens with zero attached hydrogens (tertiary/aromatic N) is 1. The van der Waals surface area contributed by atoms with Crippen molar-refractivity contribution in [3.05, 3.63) is 42.2 Å². The van der Waals surface area contributed by atoms with Gasteiger partial charge in [-0.1, -0.05) is 0 Å². The number of aromatic amines is 1. The van der Waals surface area contributed by atoms with Crippen LogP contribution >= 0.6 is 0 Å². The highest BCUT2D eigenvalue weighted by Gasteiger charge is 2.38. The van der Waals surface area contributed by atoms with Gasteiger partial charge in [0.2, 0.25) is 10.0 Å². The third-order valence-electron chi connectivity index (χ3n) is 4.14. The zero-order valence-electron chi connectivity index (χ0n) is 13.2. The molecule has 3 rings (SSSR count). The molecule has 1 aromatic heterocycles. The Kier molecular flexibility index (Phi) is 4.32. The summed E-state index contributed by atoms with van der Waals surface area (Å²) >= 11 is 0. The van der Waals surface area contributed by atoms with Crippen LogP contribution in [0.4, 0.5) is 0 Å². The first-order valence-electron chi connectivity index (χ1n) is 7.45.